The Morgan fingerprint density at radius 3 is 2.84 bits per heavy atom. The number of H-pyrrole nitrogens is 1. The molecule has 37 heavy (non-hydrogen) atoms. The number of aliphatic hydroxyl groups excluding tert-OH is 1. The number of benzene rings is 1. The summed E-state index contributed by atoms with van der Waals surface area (Å²) in [6.45, 7) is 1.86. The van der Waals surface area contributed by atoms with E-state index in [9.17, 15) is 19.5 Å². The number of aromatic amines is 1. The lowest BCUT2D eigenvalue weighted by Gasteiger charge is -2.15. The third-order valence-electron chi connectivity index (χ3n) is 6.43. The predicted molar refractivity (Wildman–Crippen MR) is 132 cm³/mol. The predicted octanol–water partition coefficient (Wildman–Crippen LogP) is 1.47. The van der Waals surface area contributed by atoms with E-state index in [0.717, 1.165) is 23.9 Å². The zero-order valence-corrected chi connectivity index (χ0v) is 20.2. The van der Waals surface area contributed by atoms with Crippen LogP contribution >= 0.6 is 0 Å². The number of hydrogen-bond acceptors (Lipinski definition) is 9. The van der Waals surface area contributed by atoms with Crippen molar-refractivity contribution < 1.29 is 19.0 Å². The second-order valence-corrected chi connectivity index (χ2v) is 9.04. The monoisotopic (exact) mass is 509 g/mol. The highest BCUT2D eigenvalue weighted by Gasteiger charge is 2.38. The molecule has 4 aromatic rings. The molecule has 0 aliphatic carbocycles. The van der Waals surface area contributed by atoms with Crippen LogP contribution in [0, 0.1) is 6.92 Å². The molecule has 4 heterocycles. The molecule has 1 aliphatic rings. The SMILES string of the molecule is Cc1cn([C@H]2C[C@H](n3cc(CCCCOc4ccc5ccc(=O)oc5c4)nn3)[C@@H](CO)O2)c(=O)[nH]c1=O. The molecule has 1 saturated heterocycles. The van der Waals surface area contributed by atoms with Gasteiger partial charge in [0.05, 0.1) is 24.9 Å². The van der Waals surface area contributed by atoms with E-state index in [-0.39, 0.29) is 12.6 Å². The van der Waals surface area contributed by atoms with Gasteiger partial charge >= 0.3 is 11.3 Å². The molecular formula is C25H27N5O7. The minimum Gasteiger partial charge on any atom is -0.493 e. The number of aromatic nitrogens is 5. The highest BCUT2D eigenvalue weighted by atomic mass is 16.5. The third kappa shape index (κ3) is 5.39. The molecule has 0 radical (unpaired) electrons. The summed E-state index contributed by atoms with van der Waals surface area (Å²) in [5.41, 5.74) is 0.278. The molecule has 5 rings (SSSR count). The molecule has 1 fully saturated rings. The van der Waals surface area contributed by atoms with Gasteiger partial charge in [0.15, 0.2) is 0 Å². The van der Waals surface area contributed by atoms with Crippen LogP contribution in [0.1, 0.15) is 42.8 Å². The molecule has 12 nitrogen and oxygen atoms in total. The molecule has 0 amide bonds. The molecule has 3 aromatic heterocycles. The van der Waals surface area contributed by atoms with Gasteiger partial charge in [-0.2, -0.15) is 0 Å². The molecule has 0 saturated carbocycles. The molecule has 0 spiro atoms. The summed E-state index contributed by atoms with van der Waals surface area (Å²) in [5.74, 6) is 0.635. The first-order valence-electron chi connectivity index (χ1n) is 12.1. The zero-order chi connectivity index (χ0) is 25.9. The number of aryl methyl sites for hydroxylation is 2. The van der Waals surface area contributed by atoms with Crippen molar-refractivity contribution in [2.75, 3.05) is 13.2 Å². The van der Waals surface area contributed by atoms with E-state index in [1.54, 1.807) is 23.7 Å². The molecule has 1 aliphatic heterocycles. The Balaban J connectivity index is 1.15. The van der Waals surface area contributed by atoms with E-state index in [0.29, 0.717) is 36.3 Å². The van der Waals surface area contributed by atoms with Crippen LogP contribution in [0.4, 0.5) is 0 Å². The highest BCUT2D eigenvalue weighted by Crippen LogP contribution is 2.35. The van der Waals surface area contributed by atoms with Gasteiger partial charge in [0.1, 0.15) is 23.7 Å². The molecule has 0 unspecified atom stereocenters. The maximum atomic E-state index is 12.3. The first-order chi connectivity index (χ1) is 17.9. The number of fused-ring (bicyclic) bond motifs is 1. The Kier molecular flexibility index (Phi) is 7.01. The second-order valence-electron chi connectivity index (χ2n) is 9.04. The van der Waals surface area contributed by atoms with Crippen molar-refractivity contribution >= 4 is 11.0 Å². The van der Waals surface area contributed by atoms with Crippen LogP contribution in [0.3, 0.4) is 0 Å². The number of nitrogens with zero attached hydrogens (tertiary/aromatic N) is 4. The van der Waals surface area contributed by atoms with Gasteiger partial charge in [-0.3, -0.25) is 14.3 Å². The second kappa shape index (κ2) is 10.5. The summed E-state index contributed by atoms with van der Waals surface area (Å²) in [4.78, 5) is 37.6. The van der Waals surface area contributed by atoms with Crippen LogP contribution in [0.5, 0.6) is 5.75 Å². The maximum Gasteiger partial charge on any atom is 0.336 e. The fraction of sp³-hybridized carbons (Fsp3) is 0.400. The smallest absolute Gasteiger partial charge is 0.336 e. The maximum absolute atomic E-state index is 12.3. The average molecular weight is 510 g/mol. The topological polar surface area (TPSA) is 154 Å². The Morgan fingerprint density at radius 2 is 2.00 bits per heavy atom. The van der Waals surface area contributed by atoms with E-state index in [2.05, 4.69) is 15.3 Å². The van der Waals surface area contributed by atoms with Crippen molar-refractivity contribution in [3.05, 3.63) is 85.2 Å². The lowest BCUT2D eigenvalue weighted by Crippen LogP contribution is -2.33. The van der Waals surface area contributed by atoms with Gasteiger partial charge in [-0.05, 0) is 44.4 Å². The Bertz CT molecular complexity index is 1570. The van der Waals surface area contributed by atoms with Gasteiger partial charge in [0.2, 0.25) is 0 Å². The zero-order valence-electron chi connectivity index (χ0n) is 20.2. The summed E-state index contributed by atoms with van der Waals surface area (Å²) in [7, 11) is 0. The van der Waals surface area contributed by atoms with Crippen LogP contribution in [0.15, 0.2) is 61.5 Å². The van der Waals surface area contributed by atoms with Crippen molar-refractivity contribution in [2.24, 2.45) is 0 Å². The van der Waals surface area contributed by atoms with Gasteiger partial charge in [-0.15, -0.1) is 5.10 Å². The minimum atomic E-state index is -0.641. The van der Waals surface area contributed by atoms with Crippen LogP contribution < -0.4 is 21.6 Å². The van der Waals surface area contributed by atoms with Crippen LogP contribution in [-0.2, 0) is 11.2 Å². The molecule has 12 heteroatoms. The summed E-state index contributed by atoms with van der Waals surface area (Å²) >= 11 is 0. The largest absolute Gasteiger partial charge is 0.493 e. The number of nitrogens with one attached hydrogen (secondary N) is 1. The Hall–Kier alpha value is -4.03. The van der Waals surface area contributed by atoms with Gasteiger partial charge < -0.3 is 19.0 Å². The first-order valence-corrected chi connectivity index (χ1v) is 12.1. The number of unbranched alkanes of at least 4 members (excludes halogenated alkanes) is 1. The number of ether oxygens (including phenoxy) is 2. The van der Waals surface area contributed by atoms with Crippen LogP contribution in [0.25, 0.3) is 11.0 Å². The average Bonchev–Trinajstić information content (AvgIpc) is 3.52. The molecular weight excluding hydrogens is 482 g/mol. The van der Waals surface area contributed by atoms with Gasteiger partial charge in [-0.25, -0.2) is 14.3 Å². The standard InChI is InChI=1S/C25H27N5O7/c1-15-12-29(25(34)26-24(15)33)22-11-19(21(14-31)36-22)30-13-17(27-28-30)4-2-3-9-35-18-7-5-16-6-8-23(32)37-20(16)10-18/h5-8,10,12-13,19,21-22,31H,2-4,9,11,14H2,1H3,(H,26,33,34)/t19-,21+,22+/m0/s1. The number of rotatable bonds is 9. The van der Waals surface area contributed by atoms with Crippen LogP contribution in [0.2, 0.25) is 0 Å². The minimum absolute atomic E-state index is 0.247. The van der Waals surface area contributed by atoms with Crippen LogP contribution in [-0.4, -0.2) is 49.0 Å². The van der Waals surface area contributed by atoms with Gasteiger partial charge in [-0.1, -0.05) is 5.21 Å². The van der Waals surface area contributed by atoms with Crippen molar-refractivity contribution in [2.45, 2.75) is 51.0 Å². The van der Waals surface area contributed by atoms with E-state index in [4.69, 9.17) is 13.9 Å². The fourth-order valence-corrected chi connectivity index (χ4v) is 4.45. The Morgan fingerprint density at radius 1 is 1.16 bits per heavy atom. The summed E-state index contributed by atoms with van der Waals surface area (Å²) in [5, 5.41) is 19.1. The molecule has 2 N–H and O–H groups in total. The lowest BCUT2D eigenvalue weighted by molar-refractivity contribution is -0.0323. The number of hydrogen-bond donors (Lipinski definition) is 2. The Labute approximate surface area is 210 Å². The quantitative estimate of drug-likeness (QED) is 0.252. The van der Waals surface area contributed by atoms with Crippen molar-refractivity contribution in [3.63, 3.8) is 0 Å². The molecule has 1 aromatic carbocycles. The molecule has 3 atom stereocenters. The first kappa shape index (κ1) is 24.7. The van der Waals surface area contributed by atoms with E-state index >= 15 is 0 Å². The summed E-state index contributed by atoms with van der Waals surface area (Å²) in [6.07, 6.45) is 4.76. The highest BCUT2D eigenvalue weighted by molar-refractivity contribution is 5.77. The normalized spacial score (nSPS) is 19.5. The van der Waals surface area contributed by atoms with Gasteiger partial charge in [0, 0.05) is 41.9 Å². The van der Waals surface area contributed by atoms with Crippen molar-refractivity contribution in [3.8, 4) is 5.75 Å². The third-order valence-corrected chi connectivity index (χ3v) is 6.43. The van der Waals surface area contributed by atoms with E-state index in [1.807, 2.05) is 18.3 Å². The van der Waals surface area contributed by atoms with E-state index in [1.165, 1.54) is 16.8 Å². The van der Waals surface area contributed by atoms with Crippen molar-refractivity contribution in [1.29, 1.82) is 0 Å². The summed E-state index contributed by atoms with van der Waals surface area (Å²) in [6, 6.07) is 8.17. The van der Waals surface area contributed by atoms with Gasteiger partial charge in [0.25, 0.3) is 5.56 Å². The molecule has 0 bridgehead atoms. The van der Waals surface area contributed by atoms with E-state index < -0.39 is 29.2 Å². The van der Waals surface area contributed by atoms with Crippen molar-refractivity contribution in [1.82, 2.24) is 24.5 Å². The number of aliphatic hydroxyl groups is 1. The fourth-order valence-electron chi connectivity index (χ4n) is 4.45. The molecule has 194 valence electrons. The lowest BCUT2D eigenvalue weighted by atomic mass is 10.1. The summed E-state index contributed by atoms with van der Waals surface area (Å²) < 4.78 is 19.9.